The van der Waals surface area contributed by atoms with Crippen LogP contribution in [0.1, 0.15) is 17.6 Å². The Kier molecular flexibility index (Phi) is 2.80. The number of rotatable bonds is 3. The fourth-order valence-electron chi connectivity index (χ4n) is 1.03. The second-order valence-corrected chi connectivity index (χ2v) is 4.42. The van der Waals surface area contributed by atoms with Crippen molar-refractivity contribution in [1.82, 2.24) is 19.8 Å². The fourth-order valence-corrected chi connectivity index (χ4v) is 2.58. The molecule has 0 amide bonds. The molecule has 0 spiro atoms. The van der Waals surface area contributed by atoms with Gasteiger partial charge in [-0.1, -0.05) is 22.7 Å². The molecule has 0 saturated carbocycles. The van der Waals surface area contributed by atoms with E-state index in [4.69, 9.17) is 5.73 Å². The summed E-state index contributed by atoms with van der Waals surface area (Å²) < 4.78 is 3.90. The monoisotopic (exact) mass is 227 g/mol. The SMILES string of the molecule is CCc1nnsc1-c1nnc(CN)s1. The zero-order valence-corrected chi connectivity index (χ0v) is 9.23. The molecule has 0 unspecified atom stereocenters. The highest BCUT2D eigenvalue weighted by atomic mass is 32.1. The summed E-state index contributed by atoms with van der Waals surface area (Å²) in [6.45, 7) is 2.48. The second kappa shape index (κ2) is 4.07. The minimum absolute atomic E-state index is 0.436. The predicted octanol–water partition coefficient (Wildman–Crippen LogP) is 1.08. The maximum Gasteiger partial charge on any atom is 0.161 e. The van der Waals surface area contributed by atoms with Gasteiger partial charge in [0, 0.05) is 6.54 Å². The van der Waals surface area contributed by atoms with Crippen LogP contribution in [0.3, 0.4) is 0 Å². The average Bonchev–Trinajstić information content (AvgIpc) is 2.85. The molecule has 0 aromatic carbocycles. The molecule has 0 aliphatic heterocycles. The minimum atomic E-state index is 0.436. The molecule has 0 saturated heterocycles. The smallest absolute Gasteiger partial charge is 0.161 e. The van der Waals surface area contributed by atoms with Gasteiger partial charge in [-0.2, -0.15) is 0 Å². The van der Waals surface area contributed by atoms with Gasteiger partial charge in [-0.3, -0.25) is 0 Å². The van der Waals surface area contributed by atoms with Crippen molar-refractivity contribution in [1.29, 1.82) is 0 Å². The van der Waals surface area contributed by atoms with Crippen LogP contribution in [0.4, 0.5) is 0 Å². The lowest BCUT2D eigenvalue weighted by Gasteiger charge is -1.89. The number of hydrogen-bond acceptors (Lipinski definition) is 7. The maximum absolute atomic E-state index is 5.47. The molecule has 0 fully saturated rings. The molecular weight excluding hydrogens is 218 g/mol. The topological polar surface area (TPSA) is 77.6 Å². The molecule has 0 atom stereocenters. The van der Waals surface area contributed by atoms with Crippen LogP contribution < -0.4 is 5.73 Å². The first-order chi connectivity index (χ1) is 6.85. The van der Waals surface area contributed by atoms with E-state index in [9.17, 15) is 0 Å². The Hall–Kier alpha value is -0.920. The van der Waals surface area contributed by atoms with E-state index in [1.165, 1.54) is 22.9 Å². The molecule has 0 aliphatic carbocycles. The Bertz CT molecular complexity index is 421. The molecule has 2 aromatic rings. The third-order valence-corrected chi connectivity index (χ3v) is 3.59. The van der Waals surface area contributed by atoms with Crippen molar-refractivity contribution in [3.8, 4) is 9.88 Å². The fraction of sp³-hybridized carbons (Fsp3) is 0.429. The van der Waals surface area contributed by atoms with Gasteiger partial charge in [0.15, 0.2) is 5.01 Å². The molecule has 2 rings (SSSR count). The van der Waals surface area contributed by atoms with Crippen molar-refractivity contribution in [3.05, 3.63) is 10.7 Å². The zero-order valence-electron chi connectivity index (χ0n) is 7.60. The summed E-state index contributed by atoms with van der Waals surface area (Å²) >= 11 is 2.86. The summed E-state index contributed by atoms with van der Waals surface area (Å²) in [6, 6.07) is 0. The third-order valence-electron chi connectivity index (χ3n) is 1.73. The molecule has 7 heteroatoms. The highest BCUT2D eigenvalue weighted by molar-refractivity contribution is 7.19. The van der Waals surface area contributed by atoms with Crippen LogP contribution in [0.15, 0.2) is 0 Å². The zero-order chi connectivity index (χ0) is 9.97. The molecule has 14 heavy (non-hydrogen) atoms. The van der Waals surface area contributed by atoms with E-state index in [0.29, 0.717) is 6.54 Å². The van der Waals surface area contributed by atoms with Gasteiger partial charge in [-0.05, 0) is 18.0 Å². The number of aryl methyl sites for hydroxylation is 1. The van der Waals surface area contributed by atoms with Gasteiger partial charge in [0.2, 0.25) is 0 Å². The van der Waals surface area contributed by atoms with Crippen LogP contribution in [0, 0.1) is 0 Å². The number of nitrogens with two attached hydrogens (primary N) is 1. The van der Waals surface area contributed by atoms with E-state index < -0.39 is 0 Å². The van der Waals surface area contributed by atoms with Crippen LogP contribution in [-0.4, -0.2) is 19.8 Å². The molecule has 0 bridgehead atoms. The van der Waals surface area contributed by atoms with Gasteiger partial charge in [0.25, 0.3) is 0 Å². The van der Waals surface area contributed by atoms with Gasteiger partial charge < -0.3 is 5.73 Å². The number of aromatic nitrogens is 4. The van der Waals surface area contributed by atoms with Crippen LogP contribution in [0.5, 0.6) is 0 Å². The van der Waals surface area contributed by atoms with Gasteiger partial charge >= 0.3 is 0 Å². The Balaban J connectivity index is 2.38. The lowest BCUT2D eigenvalue weighted by atomic mass is 10.3. The van der Waals surface area contributed by atoms with E-state index in [-0.39, 0.29) is 0 Å². The molecule has 2 aromatic heterocycles. The van der Waals surface area contributed by atoms with Gasteiger partial charge in [-0.15, -0.1) is 15.3 Å². The summed E-state index contributed by atoms with van der Waals surface area (Å²) in [4.78, 5) is 1.02. The second-order valence-electron chi connectivity index (χ2n) is 2.61. The summed E-state index contributed by atoms with van der Waals surface area (Å²) in [6.07, 6.45) is 0.864. The molecule has 2 heterocycles. The average molecular weight is 227 g/mol. The number of hydrogen-bond donors (Lipinski definition) is 1. The van der Waals surface area contributed by atoms with Crippen molar-refractivity contribution >= 4 is 22.9 Å². The van der Waals surface area contributed by atoms with E-state index in [0.717, 1.165) is 27.0 Å². The van der Waals surface area contributed by atoms with Gasteiger partial charge in [-0.25, -0.2) is 0 Å². The Morgan fingerprint density at radius 2 is 2.14 bits per heavy atom. The first kappa shape index (κ1) is 9.63. The van der Waals surface area contributed by atoms with E-state index in [2.05, 4.69) is 19.8 Å². The molecule has 0 radical (unpaired) electrons. The van der Waals surface area contributed by atoms with Crippen LogP contribution >= 0.6 is 22.9 Å². The Morgan fingerprint density at radius 1 is 1.29 bits per heavy atom. The van der Waals surface area contributed by atoms with E-state index in [1.54, 1.807) is 0 Å². The lowest BCUT2D eigenvalue weighted by molar-refractivity contribution is 0.956. The van der Waals surface area contributed by atoms with Crippen molar-refractivity contribution < 1.29 is 0 Å². The molecule has 0 aliphatic rings. The quantitative estimate of drug-likeness (QED) is 0.849. The van der Waals surface area contributed by atoms with E-state index >= 15 is 0 Å². The van der Waals surface area contributed by atoms with Crippen LogP contribution in [0.25, 0.3) is 9.88 Å². The van der Waals surface area contributed by atoms with E-state index in [1.807, 2.05) is 6.92 Å². The van der Waals surface area contributed by atoms with Gasteiger partial charge in [0.05, 0.1) is 5.69 Å². The largest absolute Gasteiger partial charge is 0.324 e. The first-order valence-corrected chi connectivity index (χ1v) is 5.78. The first-order valence-electron chi connectivity index (χ1n) is 4.19. The third kappa shape index (κ3) is 1.66. The summed E-state index contributed by atoms with van der Waals surface area (Å²) in [5, 5.41) is 13.8. The van der Waals surface area contributed by atoms with Crippen molar-refractivity contribution in [2.24, 2.45) is 5.73 Å². The van der Waals surface area contributed by atoms with Crippen molar-refractivity contribution in [3.63, 3.8) is 0 Å². The number of nitrogens with zero attached hydrogens (tertiary/aromatic N) is 4. The molecule has 2 N–H and O–H groups in total. The lowest BCUT2D eigenvalue weighted by Crippen LogP contribution is -1.94. The predicted molar refractivity (Wildman–Crippen MR) is 56.1 cm³/mol. The molecular formula is C7H9N5S2. The van der Waals surface area contributed by atoms with Crippen LogP contribution in [0.2, 0.25) is 0 Å². The summed E-state index contributed by atoms with van der Waals surface area (Å²) in [7, 11) is 0. The van der Waals surface area contributed by atoms with Crippen molar-refractivity contribution in [2.75, 3.05) is 0 Å². The highest BCUT2D eigenvalue weighted by Crippen LogP contribution is 2.28. The summed E-state index contributed by atoms with van der Waals surface area (Å²) in [5.74, 6) is 0. The highest BCUT2D eigenvalue weighted by Gasteiger charge is 2.13. The Labute approximate surface area is 89.2 Å². The summed E-state index contributed by atoms with van der Waals surface area (Å²) in [5.41, 5.74) is 6.45. The normalized spacial score (nSPS) is 10.7. The van der Waals surface area contributed by atoms with Gasteiger partial charge in [0.1, 0.15) is 9.88 Å². The minimum Gasteiger partial charge on any atom is -0.324 e. The standard InChI is InChI=1S/C7H9N5S2/c1-2-4-6(14-12-9-4)7-11-10-5(3-8)13-7/h2-3,8H2,1H3. The molecule has 5 nitrogen and oxygen atoms in total. The van der Waals surface area contributed by atoms with Crippen molar-refractivity contribution in [2.45, 2.75) is 19.9 Å². The Morgan fingerprint density at radius 3 is 2.79 bits per heavy atom. The molecule has 74 valence electrons. The maximum atomic E-state index is 5.47. The van der Waals surface area contributed by atoms with Crippen LogP contribution in [-0.2, 0) is 13.0 Å².